The Kier molecular flexibility index (Phi) is 8.42. The van der Waals surface area contributed by atoms with Crippen molar-refractivity contribution in [2.24, 2.45) is 0 Å². The van der Waals surface area contributed by atoms with Crippen LogP contribution < -0.4 is 0 Å². The first kappa shape index (κ1) is 24.0. The number of carbonyl (C=O) groups excluding carboxylic acids is 2. The number of ketones is 1. The van der Waals surface area contributed by atoms with E-state index in [4.69, 9.17) is 0 Å². The predicted octanol–water partition coefficient (Wildman–Crippen LogP) is 5.16. The Morgan fingerprint density at radius 1 is 1.09 bits per heavy atom. The molecule has 0 fully saturated rings. The molecule has 0 radical (unpaired) electrons. The van der Waals surface area contributed by atoms with Crippen LogP contribution in [0.25, 0.3) is 6.08 Å². The number of aliphatic hydroxyl groups excluding tert-OH is 1. The molecule has 1 N–H and O–H groups in total. The number of hydrogen-bond acceptors (Lipinski definition) is 4. The summed E-state index contributed by atoms with van der Waals surface area (Å²) in [5.41, 5.74) is 1.80. The first-order valence-electron chi connectivity index (χ1n) is 11.0. The highest BCUT2D eigenvalue weighted by molar-refractivity contribution is 9.10. The smallest absolute Gasteiger partial charge is 0.290 e. The summed E-state index contributed by atoms with van der Waals surface area (Å²) < 4.78 is 0.906. The maximum absolute atomic E-state index is 13.1. The van der Waals surface area contributed by atoms with Gasteiger partial charge >= 0.3 is 0 Å². The van der Waals surface area contributed by atoms with Crippen LogP contribution >= 0.6 is 15.9 Å². The number of rotatable bonds is 10. The number of carbonyl (C=O) groups is 2. The number of aliphatic hydroxyl groups is 1. The molecule has 1 amide bonds. The molecule has 0 spiro atoms. The molecule has 5 nitrogen and oxygen atoms in total. The lowest BCUT2D eigenvalue weighted by Gasteiger charge is -2.28. The van der Waals surface area contributed by atoms with Crippen LogP contribution in [-0.2, 0) is 9.59 Å². The van der Waals surface area contributed by atoms with Gasteiger partial charge in [-0.15, -0.1) is 0 Å². The monoisotopic (exact) mass is 496 g/mol. The van der Waals surface area contributed by atoms with E-state index in [1.807, 2.05) is 54.6 Å². The van der Waals surface area contributed by atoms with Crippen molar-refractivity contribution in [1.29, 1.82) is 0 Å². The summed E-state index contributed by atoms with van der Waals surface area (Å²) in [6.45, 7) is 7.41. The second kappa shape index (κ2) is 11.2. The molecule has 2 aromatic rings. The third-order valence-corrected chi connectivity index (χ3v) is 6.28. The number of amides is 1. The summed E-state index contributed by atoms with van der Waals surface area (Å²) in [5, 5.41) is 10.7. The van der Waals surface area contributed by atoms with E-state index in [9.17, 15) is 14.7 Å². The number of hydrogen-bond donors (Lipinski definition) is 1. The van der Waals surface area contributed by atoms with E-state index in [0.29, 0.717) is 6.54 Å². The second-order valence-corrected chi connectivity index (χ2v) is 8.62. The summed E-state index contributed by atoms with van der Waals surface area (Å²) in [6.07, 6.45) is 3.89. The summed E-state index contributed by atoms with van der Waals surface area (Å²) in [5.74, 6) is -1.31. The maximum atomic E-state index is 13.1. The van der Waals surface area contributed by atoms with Gasteiger partial charge in [-0.1, -0.05) is 78.3 Å². The Labute approximate surface area is 198 Å². The Bertz CT molecular complexity index is 995. The van der Waals surface area contributed by atoms with E-state index in [0.717, 1.165) is 41.7 Å². The molecule has 32 heavy (non-hydrogen) atoms. The minimum atomic E-state index is -0.611. The molecule has 0 saturated heterocycles. The Balaban J connectivity index is 1.89. The van der Waals surface area contributed by atoms with Crippen LogP contribution in [0.4, 0.5) is 0 Å². The fourth-order valence-corrected chi connectivity index (χ4v) is 4.22. The van der Waals surface area contributed by atoms with Gasteiger partial charge in [-0.25, -0.2) is 0 Å². The minimum Gasteiger partial charge on any atom is -0.503 e. The molecule has 1 atom stereocenters. The molecule has 0 aliphatic carbocycles. The number of halogens is 1. The van der Waals surface area contributed by atoms with Gasteiger partial charge in [0.25, 0.3) is 5.91 Å². The summed E-state index contributed by atoms with van der Waals surface area (Å²) >= 11 is 3.44. The van der Waals surface area contributed by atoms with Gasteiger partial charge in [0.05, 0.1) is 11.6 Å². The average molecular weight is 497 g/mol. The van der Waals surface area contributed by atoms with Crippen LogP contribution in [0, 0.1) is 0 Å². The van der Waals surface area contributed by atoms with Crippen molar-refractivity contribution in [1.82, 2.24) is 9.80 Å². The van der Waals surface area contributed by atoms with E-state index in [-0.39, 0.29) is 11.4 Å². The normalized spacial score (nSPS) is 16.6. The van der Waals surface area contributed by atoms with E-state index in [2.05, 4.69) is 34.7 Å². The Morgan fingerprint density at radius 2 is 1.75 bits per heavy atom. The highest BCUT2D eigenvalue weighted by Crippen LogP contribution is 2.38. The molecule has 3 rings (SSSR count). The number of nitrogens with zero attached hydrogens (tertiary/aromatic N) is 2. The fraction of sp³-hybridized carbons (Fsp3) is 0.308. The predicted molar refractivity (Wildman–Crippen MR) is 131 cm³/mol. The maximum Gasteiger partial charge on any atom is 0.290 e. The molecular weight excluding hydrogens is 468 g/mol. The van der Waals surface area contributed by atoms with Gasteiger partial charge in [0.1, 0.15) is 0 Å². The molecule has 1 unspecified atom stereocenters. The van der Waals surface area contributed by atoms with Crippen molar-refractivity contribution in [2.75, 3.05) is 26.2 Å². The van der Waals surface area contributed by atoms with Crippen LogP contribution in [0.5, 0.6) is 0 Å². The molecule has 6 heteroatoms. The van der Waals surface area contributed by atoms with E-state index in [1.54, 1.807) is 11.0 Å². The Hall–Kier alpha value is -2.70. The van der Waals surface area contributed by atoms with E-state index < -0.39 is 17.7 Å². The molecular formula is C26H29BrN2O3. The standard InChI is InChI=1S/C26H29BrN2O3/c1-3-28(4-2)17-8-18-29-24(20-12-14-21(27)15-13-20)23(25(31)26(29)32)22(30)16-11-19-9-6-5-7-10-19/h5-7,9-16,24,31H,3-4,8,17-18H2,1-2H3/b16-11+. The van der Waals surface area contributed by atoms with E-state index >= 15 is 0 Å². The van der Waals surface area contributed by atoms with Gasteiger partial charge in [-0.3, -0.25) is 9.59 Å². The van der Waals surface area contributed by atoms with Gasteiger partial charge < -0.3 is 14.9 Å². The van der Waals surface area contributed by atoms with Crippen LogP contribution in [0.2, 0.25) is 0 Å². The minimum absolute atomic E-state index is 0.132. The number of benzene rings is 2. The molecule has 0 saturated carbocycles. The van der Waals surface area contributed by atoms with Gasteiger partial charge in [0.15, 0.2) is 11.5 Å². The molecule has 1 aliphatic rings. The molecule has 1 heterocycles. The topological polar surface area (TPSA) is 60.9 Å². The zero-order valence-corrected chi connectivity index (χ0v) is 20.1. The SMILES string of the molecule is CCN(CC)CCCN1C(=O)C(O)=C(C(=O)/C=C/c2ccccc2)C1c1ccc(Br)cc1. The summed E-state index contributed by atoms with van der Waals surface area (Å²) in [6, 6.07) is 16.4. The van der Waals surface area contributed by atoms with Crippen molar-refractivity contribution in [3.8, 4) is 0 Å². The van der Waals surface area contributed by atoms with Gasteiger partial charge in [0, 0.05) is 11.0 Å². The zero-order chi connectivity index (χ0) is 23.1. The highest BCUT2D eigenvalue weighted by Gasteiger charge is 2.42. The van der Waals surface area contributed by atoms with E-state index in [1.165, 1.54) is 6.08 Å². The second-order valence-electron chi connectivity index (χ2n) is 7.70. The average Bonchev–Trinajstić information content (AvgIpc) is 3.06. The molecule has 0 aromatic heterocycles. The van der Waals surface area contributed by atoms with Crippen LogP contribution in [0.1, 0.15) is 37.4 Å². The third kappa shape index (κ3) is 5.56. The van der Waals surface area contributed by atoms with Crippen molar-refractivity contribution < 1.29 is 14.7 Å². The van der Waals surface area contributed by atoms with Crippen LogP contribution in [0.15, 0.2) is 76.5 Å². The lowest BCUT2D eigenvalue weighted by atomic mass is 9.95. The lowest BCUT2D eigenvalue weighted by Crippen LogP contribution is -2.34. The first-order valence-corrected chi connectivity index (χ1v) is 11.7. The molecule has 2 aromatic carbocycles. The largest absolute Gasteiger partial charge is 0.503 e. The quantitative estimate of drug-likeness (QED) is 0.461. The van der Waals surface area contributed by atoms with Gasteiger partial charge in [-0.2, -0.15) is 0 Å². The van der Waals surface area contributed by atoms with Crippen molar-refractivity contribution in [3.05, 3.63) is 87.6 Å². The highest BCUT2D eigenvalue weighted by atomic mass is 79.9. The Morgan fingerprint density at radius 3 is 2.38 bits per heavy atom. The summed E-state index contributed by atoms with van der Waals surface area (Å²) in [7, 11) is 0. The van der Waals surface area contributed by atoms with Crippen LogP contribution in [0.3, 0.4) is 0 Å². The lowest BCUT2D eigenvalue weighted by molar-refractivity contribution is -0.129. The van der Waals surface area contributed by atoms with Crippen LogP contribution in [-0.4, -0.2) is 52.8 Å². The summed E-state index contributed by atoms with van der Waals surface area (Å²) in [4.78, 5) is 30.0. The zero-order valence-electron chi connectivity index (χ0n) is 18.5. The molecule has 1 aliphatic heterocycles. The molecule has 168 valence electrons. The van der Waals surface area contributed by atoms with Gasteiger partial charge in [0.2, 0.25) is 0 Å². The van der Waals surface area contributed by atoms with Crippen molar-refractivity contribution in [2.45, 2.75) is 26.3 Å². The van der Waals surface area contributed by atoms with Gasteiger partial charge in [-0.05, 0) is 55.4 Å². The number of allylic oxidation sites excluding steroid dienone is 1. The molecule has 0 bridgehead atoms. The fourth-order valence-electron chi connectivity index (χ4n) is 3.96. The first-order chi connectivity index (χ1) is 15.5. The third-order valence-electron chi connectivity index (χ3n) is 5.75. The van der Waals surface area contributed by atoms with Crippen molar-refractivity contribution >= 4 is 33.7 Å². The van der Waals surface area contributed by atoms with Crippen molar-refractivity contribution in [3.63, 3.8) is 0 Å².